The molecule has 2 heterocycles. The van der Waals surface area contributed by atoms with E-state index in [4.69, 9.17) is 0 Å². The first-order valence-corrected chi connectivity index (χ1v) is 11.3. The Labute approximate surface area is 169 Å². The normalized spacial score (nSPS) is 21.0. The van der Waals surface area contributed by atoms with Crippen LogP contribution in [0.5, 0.6) is 0 Å². The van der Waals surface area contributed by atoms with Gasteiger partial charge in [-0.1, -0.05) is 32.6 Å². The molecule has 5 heteroatoms. The number of likely N-dealkylation sites (tertiary alicyclic amines) is 1. The standard InChI is InChI=1S/C23H37N3O2/c1-4-5-13-24-22(27)19-10-9-14-25(16-19)23(28)21-15-17(2)26(18(21)3)20-11-7-6-8-12-20/h15,19-20H,4-14,16H2,1-3H3,(H,24,27). The van der Waals surface area contributed by atoms with Crippen molar-refractivity contribution in [2.75, 3.05) is 19.6 Å². The highest BCUT2D eigenvalue weighted by molar-refractivity contribution is 5.96. The van der Waals surface area contributed by atoms with Crippen LogP contribution in [0.15, 0.2) is 6.07 Å². The molecule has 1 aliphatic carbocycles. The van der Waals surface area contributed by atoms with Crippen molar-refractivity contribution in [1.29, 1.82) is 0 Å². The van der Waals surface area contributed by atoms with E-state index in [1.165, 1.54) is 37.8 Å². The van der Waals surface area contributed by atoms with Gasteiger partial charge in [0.05, 0.1) is 11.5 Å². The lowest BCUT2D eigenvalue weighted by atomic mass is 9.95. The smallest absolute Gasteiger partial charge is 0.255 e. The van der Waals surface area contributed by atoms with E-state index >= 15 is 0 Å². The molecule has 5 nitrogen and oxygen atoms in total. The van der Waals surface area contributed by atoms with Crippen LogP contribution < -0.4 is 5.32 Å². The minimum Gasteiger partial charge on any atom is -0.356 e. The molecule has 1 saturated carbocycles. The number of nitrogens with one attached hydrogen (secondary N) is 1. The van der Waals surface area contributed by atoms with E-state index in [2.05, 4.69) is 36.7 Å². The van der Waals surface area contributed by atoms with Gasteiger partial charge in [0, 0.05) is 37.1 Å². The molecule has 0 aromatic carbocycles. The third kappa shape index (κ3) is 4.61. The maximum absolute atomic E-state index is 13.3. The van der Waals surface area contributed by atoms with E-state index in [0.717, 1.165) is 50.0 Å². The Kier molecular flexibility index (Phi) is 7.19. The van der Waals surface area contributed by atoms with Crippen molar-refractivity contribution < 1.29 is 9.59 Å². The SMILES string of the molecule is CCCCNC(=O)C1CCCN(C(=O)c2cc(C)n(C3CCCCC3)c2C)C1. The van der Waals surface area contributed by atoms with Crippen LogP contribution in [0.4, 0.5) is 0 Å². The van der Waals surface area contributed by atoms with Crippen molar-refractivity contribution in [2.24, 2.45) is 5.92 Å². The molecule has 156 valence electrons. The van der Waals surface area contributed by atoms with Gasteiger partial charge in [-0.15, -0.1) is 0 Å². The number of unbranched alkanes of at least 4 members (excludes halogenated alkanes) is 1. The first-order chi connectivity index (χ1) is 13.5. The van der Waals surface area contributed by atoms with E-state index in [1.54, 1.807) is 0 Å². The summed E-state index contributed by atoms with van der Waals surface area (Å²) >= 11 is 0. The van der Waals surface area contributed by atoms with E-state index in [0.29, 0.717) is 12.6 Å². The van der Waals surface area contributed by atoms with Crippen LogP contribution in [0.2, 0.25) is 0 Å². The first kappa shape index (κ1) is 20.9. The van der Waals surface area contributed by atoms with Crippen LogP contribution in [-0.2, 0) is 4.79 Å². The third-order valence-corrected chi connectivity index (χ3v) is 6.56. The number of amides is 2. The molecule has 0 radical (unpaired) electrons. The molecule has 28 heavy (non-hydrogen) atoms. The monoisotopic (exact) mass is 387 g/mol. The molecule has 1 N–H and O–H groups in total. The molecule has 3 rings (SSSR count). The Bertz CT molecular complexity index is 688. The quantitative estimate of drug-likeness (QED) is 0.737. The van der Waals surface area contributed by atoms with Crippen LogP contribution in [0.3, 0.4) is 0 Å². The molecular formula is C23H37N3O2. The summed E-state index contributed by atoms with van der Waals surface area (Å²) in [7, 11) is 0. The van der Waals surface area contributed by atoms with Gasteiger partial charge in [0.1, 0.15) is 0 Å². The number of hydrogen-bond acceptors (Lipinski definition) is 2. The summed E-state index contributed by atoms with van der Waals surface area (Å²) in [4.78, 5) is 27.6. The first-order valence-electron chi connectivity index (χ1n) is 11.3. The number of rotatable bonds is 6. The van der Waals surface area contributed by atoms with Gasteiger partial charge in [0.15, 0.2) is 0 Å². The molecule has 2 amide bonds. The van der Waals surface area contributed by atoms with Crippen molar-refractivity contribution in [3.8, 4) is 0 Å². The fraction of sp³-hybridized carbons (Fsp3) is 0.739. The van der Waals surface area contributed by atoms with Crippen molar-refractivity contribution in [1.82, 2.24) is 14.8 Å². The van der Waals surface area contributed by atoms with E-state index in [1.807, 2.05) is 4.90 Å². The molecule has 2 fully saturated rings. The van der Waals surface area contributed by atoms with Gasteiger partial charge >= 0.3 is 0 Å². The molecular weight excluding hydrogens is 350 g/mol. The largest absolute Gasteiger partial charge is 0.356 e. The number of piperidine rings is 1. The van der Waals surface area contributed by atoms with Crippen LogP contribution >= 0.6 is 0 Å². The minimum atomic E-state index is -0.0728. The highest BCUT2D eigenvalue weighted by Crippen LogP contribution is 2.32. The number of carbonyl (C=O) groups is 2. The Morgan fingerprint density at radius 2 is 1.86 bits per heavy atom. The Morgan fingerprint density at radius 3 is 2.57 bits per heavy atom. The lowest BCUT2D eigenvalue weighted by Gasteiger charge is -2.32. The number of carbonyl (C=O) groups excluding carboxylic acids is 2. The van der Waals surface area contributed by atoms with Crippen LogP contribution in [0.25, 0.3) is 0 Å². The van der Waals surface area contributed by atoms with Crippen molar-refractivity contribution >= 4 is 11.8 Å². The molecule has 1 aliphatic heterocycles. The van der Waals surface area contributed by atoms with Gasteiger partial charge in [0.2, 0.25) is 5.91 Å². The number of aryl methyl sites for hydroxylation is 1. The predicted molar refractivity (Wildman–Crippen MR) is 113 cm³/mol. The summed E-state index contributed by atoms with van der Waals surface area (Å²) in [6.45, 7) is 8.38. The Hall–Kier alpha value is -1.78. The second kappa shape index (κ2) is 9.62. The average molecular weight is 388 g/mol. The molecule has 1 atom stereocenters. The van der Waals surface area contributed by atoms with Gasteiger partial charge in [0.25, 0.3) is 5.91 Å². The van der Waals surface area contributed by atoms with Gasteiger partial charge in [-0.3, -0.25) is 9.59 Å². The Morgan fingerprint density at radius 1 is 1.11 bits per heavy atom. The average Bonchev–Trinajstić information content (AvgIpc) is 3.02. The van der Waals surface area contributed by atoms with E-state index in [9.17, 15) is 9.59 Å². The predicted octanol–water partition coefficient (Wildman–Crippen LogP) is 4.38. The van der Waals surface area contributed by atoms with Crippen molar-refractivity contribution in [2.45, 2.75) is 84.6 Å². The fourth-order valence-electron chi connectivity index (χ4n) is 4.97. The molecule has 1 aromatic heterocycles. The zero-order valence-electron chi connectivity index (χ0n) is 17.9. The summed E-state index contributed by atoms with van der Waals surface area (Å²) in [6.07, 6.45) is 10.2. The lowest BCUT2D eigenvalue weighted by Crippen LogP contribution is -2.45. The number of aromatic nitrogens is 1. The molecule has 0 spiro atoms. The van der Waals surface area contributed by atoms with Crippen molar-refractivity contribution in [3.63, 3.8) is 0 Å². The molecule has 2 aliphatic rings. The molecule has 1 unspecified atom stereocenters. The number of nitrogens with zero attached hydrogens (tertiary/aromatic N) is 2. The zero-order valence-corrected chi connectivity index (χ0v) is 17.9. The molecule has 1 aromatic rings. The summed E-state index contributed by atoms with van der Waals surface area (Å²) < 4.78 is 2.39. The second-order valence-corrected chi connectivity index (χ2v) is 8.68. The van der Waals surface area contributed by atoms with Gasteiger partial charge in [-0.05, 0) is 52.0 Å². The van der Waals surface area contributed by atoms with Gasteiger partial charge < -0.3 is 14.8 Å². The van der Waals surface area contributed by atoms with Crippen molar-refractivity contribution in [3.05, 3.63) is 23.0 Å². The fourth-order valence-corrected chi connectivity index (χ4v) is 4.97. The number of hydrogen-bond donors (Lipinski definition) is 1. The zero-order chi connectivity index (χ0) is 20.1. The summed E-state index contributed by atoms with van der Waals surface area (Å²) in [5.41, 5.74) is 3.12. The summed E-state index contributed by atoms with van der Waals surface area (Å²) in [6, 6.07) is 2.60. The summed E-state index contributed by atoms with van der Waals surface area (Å²) in [5, 5.41) is 3.04. The lowest BCUT2D eigenvalue weighted by molar-refractivity contribution is -0.126. The van der Waals surface area contributed by atoms with Crippen LogP contribution in [0.1, 0.15) is 92.5 Å². The highest BCUT2D eigenvalue weighted by Gasteiger charge is 2.31. The highest BCUT2D eigenvalue weighted by atomic mass is 16.2. The molecule has 0 bridgehead atoms. The molecule has 1 saturated heterocycles. The Balaban J connectivity index is 1.68. The minimum absolute atomic E-state index is 0.0728. The van der Waals surface area contributed by atoms with E-state index in [-0.39, 0.29) is 17.7 Å². The van der Waals surface area contributed by atoms with Gasteiger partial charge in [-0.2, -0.15) is 0 Å². The second-order valence-electron chi connectivity index (χ2n) is 8.68. The maximum Gasteiger partial charge on any atom is 0.255 e. The van der Waals surface area contributed by atoms with Crippen LogP contribution in [0, 0.1) is 19.8 Å². The summed E-state index contributed by atoms with van der Waals surface area (Å²) in [5.74, 6) is 0.135. The van der Waals surface area contributed by atoms with Gasteiger partial charge in [-0.25, -0.2) is 0 Å². The van der Waals surface area contributed by atoms with Crippen LogP contribution in [-0.4, -0.2) is 40.9 Å². The van der Waals surface area contributed by atoms with E-state index < -0.39 is 0 Å². The third-order valence-electron chi connectivity index (χ3n) is 6.56. The maximum atomic E-state index is 13.3. The topological polar surface area (TPSA) is 54.3 Å².